The minimum absolute atomic E-state index is 0.604. The van der Waals surface area contributed by atoms with Crippen LogP contribution in [0.5, 0.6) is 0 Å². The van der Waals surface area contributed by atoms with E-state index in [4.69, 9.17) is 0 Å². The first-order valence-electron chi connectivity index (χ1n) is 8.60. The summed E-state index contributed by atoms with van der Waals surface area (Å²) in [7, 11) is 0. The van der Waals surface area contributed by atoms with Crippen LogP contribution in [-0.2, 0) is 0 Å². The van der Waals surface area contributed by atoms with Crippen LogP contribution in [-0.4, -0.2) is 6.04 Å². The molecule has 1 heteroatoms. The molecule has 3 unspecified atom stereocenters. The molecule has 3 rings (SSSR count). The quantitative estimate of drug-likeness (QED) is 0.794. The van der Waals surface area contributed by atoms with Gasteiger partial charge in [0.15, 0.2) is 0 Å². The maximum absolute atomic E-state index is 4.05. The Labute approximate surface area is 124 Å². The third-order valence-corrected chi connectivity index (χ3v) is 5.36. The third-order valence-electron chi connectivity index (χ3n) is 5.36. The molecule has 2 aliphatic carbocycles. The molecule has 2 saturated carbocycles. The molecule has 20 heavy (non-hydrogen) atoms. The molecule has 0 heterocycles. The van der Waals surface area contributed by atoms with E-state index in [1.54, 1.807) is 0 Å². The zero-order valence-electron chi connectivity index (χ0n) is 13.1. The molecule has 2 aliphatic rings. The van der Waals surface area contributed by atoms with Crippen LogP contribution in [0.3, 0.4) is 0 Å². The fraction of sp³-hybridized carbons (Fsp3) is 0.684. The molecule has 2 fully saturated rings. The molecule has 1 N–H and O–H groups in total. The smallest absolute Gasteiger partial charge is 0.0351 e. The second-order valence-electron chi connectivity index (χ2n) is 6.95. The summed E-state index contributed by atoms with van der Waals surface area (Å²) in [5, 5.41) is 4.05. The summed E-state index contributed by atoms with van der Waals surface area (Å²) in [6, 6.07) is 10.6. The van der Waals surface area contributed by atoms with E-state index >= 15 is 0 Å². The first kappa shape index (κ1) is 14.1. The Morgan fingerprint density at radius 3 is 2.40 bits per heavy atom. The van der Waals surface area contributed by atoms with Crippen LogP contribution in [0.4, 0.5) is 0 Å². The SMILES string of the molecule is CCC1CCCCC1NC(c1ccc(C)cc1)C1CC1. The Morgan fingerprint density at radius 2 is 1.75 bits per heavy atom. The van der Waals surface area contributed by atoms with Gasteiger partial charge in [0.25, 0.3) is 0 Å². The topological polar surface area (TPSA) is 12.0 Å². The van der Waals surface area contributed by atoms with Gasteiger partial charge < -0.3 is 5.32 Å². The van der Waals surface area contributed by atoms with Gasteiger partial charge in [0.05, 0.1) is 0 Å². The van der Waals surface area contributed by atoms with Gasteiger partial charge in [-0.2, -0.15) is 0 Å². The molecule has 1 nitrogen and oxygen atoms in total. The summed E-state index contributed by atoms with van der Waals surface area (Å²) in [5.41, 5.74) is 2.88. The van der Waals surface area contributed by atoms with Crippen molar-refractivity contribution < 1.29 is 0 Å². The normalized spacial score (nSPS) is 28.3. The van der Waals surface area contributed by atoms with Crippen molar-refractivity contribution in [2.24, 2.45) is 11.8 Å². The molecule has 0 aromatic heterocycles. The average molecular weight is 271 g/mol. The molecular weight excluding hydrogens is 242 g/mol. The van der Waals surface area contributed by atoms with Crippen molar-refractivity contribution in [2.75, 3.05) is 0 Å². The summed E-state index contributed by atoms with van der Waals surface area (Å²) in [6.07, 6.45) is 9.83. The monoisotopic (exact) mass is 271 g/mol. The minimum atomic E-state index is 0.604. The Kier molecular flexibility index (Phi) is 4.45. The standard InChI is InChI=1S/C19H29N/c1-3-15-6-4-5-7-18(15)20-19(17-12-13-17)16-10-8-14(2)9-11-16/h8-11,15,17-20H,3-7,12-13H2,1-2H3. The van der Waals surface area contributed by atoms with E-state index in [0.717, 1.165) is 17.9 Å². The second kappa shape index (κ2) is 6.30. The van der Waals surface area contributed by atoms with Crippen LogP contribution < -0.4 is 5.32 Å². The Hall–Kier alpha value is -0.820. The van der Waals surface area contributed by atoms with E-state index in [0.29, 0.717) is 6.04 Å². The minimum Gasteiger partial charge on any atom is -0.307 e. The summed E-state index contributed by atoms with van der Waals surface area (Å²) in [5.74, 6) is 1.78. The highest BCUT2D eigenvalue weighted by molar-refractivity contribution is 5.25. The number of nitrogens with one attached hydrogen (secondary N) is 1. The zero-order chi connectivity index (χ0) is 13.9. The molecule has 1 aromatic rings. The van der Waals surface area contributed by atoms with Gasteiger partial charge in [-0.25, -0.2) is 0 Å². The molecule has 0 amide bonds. The van der Waals surface area contributed by atoms with Crippen molar-refractivity contribution in [1.29, 1.82) is 0 Å². The molecule has 3 atom stereocenters. The Bertz CT molecular complexity index is 418. The average Bonchev–Trinajstić information content (AvgIpc) is 3.31. The van der Waals surface area contributed by atoms with Gasteiger partial charge in [-0.1, -0.05) is 56.0 Å². The van der Waals surface area contributed by atoms with Gasteiger partial charge in [0, 0.05) is 12.1 Å². The fourth-order valence-electron chi connectivity index (χ4n) is 3.85. The second-order valence-corrected chi connectivity index (χ2v) is 6.95. The van der Waals surface area contributed by atoms with Crippen LogP contribution in [0.2, 0.25) is 0 Å². The van der Waals surface area contributed by atoms with Gasteiger partial charge in [-0.15, -0.1) is 0 Å². The predicted molar refractivity (Wildman–Crippen MR) is 85.8 cm³/mol. The summed E-state index contributed by atoms with van der Waals surface area (Å²) < 4.78 is 0. The molecule has 0 spiro atoms. The van der Waals surface area contributed by atoms with E-state index in [1.807, 2.05) is 0 Å². The lowest BCUT2D eigenvalue weighted by Gasteiger charge is -2.35. The van der Waals surface area contributed by atoms with Crippen LogP contribution in [0.1, 0.15) is 69.0 Å². The zero-order valence-corrected chi connectivity index (χ0v) is 13.1. The summed E-state index contributed by atoms with van der Waals surface area (Å²) >= 11 is 0. The lowest BCUT2D eigenvalue weighted by Crippen LogP contribution is -2.41. The number of hydrogen-bond acceptors (Lipinski definition) is 1. The molecule has 1 aromatic carbocycles. The first-order valence-corrected chi connectivity index (χ1v) is 8.60. The largest absolute Gasteiger partial charge is 0.307 e. The van der Waals surface area contributed by atoms with Crippen molar-refractivity contribution in [3.63, 3.8) is 0 Å². The lowest BCUT2D eigenvalue weighted by atomic mass is 9.82. The molecule has 0 aliphatic heterocycles. The van der Waals surface area contributed by atoms with E-state index in [-0.39, 0.29) is 0 Å². The van der Waals surface area contributed by atoms with Crippen LogP contribution in [0.25, 0.3) is 0 Å². The van der Waals surface area contributed by atoms with Crippen LogP contribution >= 0.6 is 0 Å². The highest BCUT2D eigenvalue weighted by atomic mass is 15.0. The van der Waals surface area contributed by atoms with Gasteiger partial charge in [0.1, 0.15) is 0 Å². The van der Waals surface area contributed by atoms with E-state index in [9.17, 15) is 0 Å². The predicted octanol–water partition coefficient (Wildman–Crippen LogP) is 5.00. The van der Waals surface area contributed by atoms with E-state index < -0.39 is 0 Å². The molecule has 0 saturated heterocycles. The molecule has 0 radical (unpaired) electrons. The van der Waals surface area contributed by atoms with Gasteiger partial charge in [-0.3, -0.25) is 0 Å². The number of rotatable bonds is 5. The van der Waals surface area contributed by atoms with E-state index in [2.05, 4.69) is 43.4 Å². The number of hydrogen-bond donors (Lipinski definition) is 1. The van der Waals surface area contributed by atoms with Crippen LogP contribution in [0, 0.1) is 18.8 Å². The number of benzene rings is 1. The highest BCUT2D eigenvalue weighted by Crippen LogP contribution is 2.42. The van der Waals surface area contributed by atoms with Crippen molar-refractivity contribution in [2.45, 2.75) is 70.9 Å². The van der Waals surface area contributed by atoms with E-state index in [1.165, 1.54) is 56.1 Å². The first-order chi connectivity index (χ1) is 9.78. The van der Waals surface area contributed by atoms with Gasteiger partial charge >= 0.3 is 0 Å². The maximum Gasteiger partial charge on any atom is 0.0351 e. The Morgan fingerprint density at radius 1 is 1.05 bits per heavy atom. The lowest BCUT2D eigenvalue weighted by molar-refractivity contribution is 0.229. The van der Waals surface area contributed by atoms with Gasteiger partial charge in [-0.05, 0) is 50.0 Å². The van der Waals surface area contributed by atoms with Crippen molar-refractivity contribution in [3.05, 3.63) is 35.4 Å². The van der Waals surface area contributed by atoms with Crippen LogP contribution in [0.15, 0.2) is 24.3 Å². The summed E-state index contributed by atoms with van der Waals surface area (Å²) in [6.45, 7) is 4.54. The maximum atomic E-state index is 4.05. The third kappa shape index (κ3) is 3.25. The van der Waals surface area contributed by atoms with Crippen molar-refractivity contribution >= 4 is 0 Å². The molecule has 0 bridgehead atoms. The number of aryl methyl sites for hydroxylation is 1. The van der Waals surface area contributed by atoms with Crippen molar-refractivity contribution in [3.8, 4) is 0 Å². The fourth-order valence-corrected chi connectivity index (χ4v) is 3.85. The molecule has 110 valence electrons. The Balaban J connectivity index is 1.72. The highest BCUT2D eigenvalue weighted by Gasteiger charge is 2.35. The van der Waals surface area contributed by atoms with Gasteiger partial charge in [0.2, 0.25) is 0 Å². The summed E-state index contributed by atoms with van der Waals surface area (Å²) in [4.78, 5) is 0. The molecular formula is C19H29N. The van der Waals surface area contributed by atoms with Crippen molar-refractivity contribution in [1.82, 2.24) is 5.32 Å².